The van der Waals surface area contributed by atoms with E-state index in [2.05, 4.69) is 10.3 Å². The van der Waals surface area contributed by atoms with Crippen molar-refractivity contribution in [3.05, 3.63) is 24.1 Å². The summed E-state index contributed by atoms with van der Waals surface area (Å²) >= 11 is 0. The minimum atomic E-state index is -0.170. The third kappa shape index (κ3) is 3.42. The highest BCUT2D eigenvalue weighted by atomic mass is 16.3. The average Bonchev–Trinajstić information content (AvgIpc) is 2.93. The first-order valence-electron chi connectivity index (χ1n) is 8.41. The van der Waals surface area contributed by atoms with Crippen LogP contribution in [0.3, 0.4) is 0 Å². The van der Waals surface area contributed by atoms with Gasteiger partial charge in [-0.2, -0.15) is 0 Å². The Kier molecular flexibility index (Phi) is 4.55. The van der Waals surface area contributed by atoms with Crippen LogP contribution >= 0.6 is 0 Å². The van der Waals surface area contributed by atoms with Crippen molar-refractivity contribution in [3.63, 3.8) is 0 Å². The number of hydrogen-bond acceptors (Lipinski definition) is 4. The van der Waals surface area contributed by atoms with E-state index in [0.717, 1.165) is 24.9 Å². The van der Waals surface area contributed by atoms with Gasteiger partial charge in [0, 0.05) is 31.6 Å². The van der Waals surface area contributed by atoms with Gasteiger partial charge in [0.2, 0.25) is 11.8 Å². The van der Waals surface area contributed by atoms with Crippen LogP contribution in [0.15, 0.2) is 22.6 Å². The van der Waals surface area contributed by atoms with Gasteiger partial charge >= 0.3 is 0 Å². The molecule has 0 spiro atoms. The predicted octanol–water partition coefficient (Wildman–Crippen LogP) is 2.97. The number of aryl methyl sites for hydroxylation is 1. The van der Waals surface area contributed by atoms with Crippen molar-refractivity contribution in [3.8, 4) is 0 Å². The molecular weight excluding hydrogens is 306 g/mol. The molecule has 0 bridgehead atoms. The zero-order chi connectivity index (χ0) is 17.3. The topological polar surface area (TPSA) is 75.4 Å². The van der Waals surface area contributed by atoms with Crippen LogP contribution in [0.5, 0.6) is 0 Å². The quantitative estimate of drug-likeness (QED) is 0.939. The first-order chi connectivity index (χ1) is 11.4. The predicted molar refractivity (Wildman–Crippen MR) is 91.5 cm³/mol. The number of rotatable bonds is 3. The summed E-state index contributed by atoms with van der Waals surface area (Å²) in [5.74, 6) is 0.465. The molecule has 0 aliphatic carbocycles. The van der Waals surface area contributed by atoms with Gasteiger partial charge in [0.25, 0.3) is 0 Å². The van der Waals surface area contributed by atoms with E-state index in [-0.39, 0.29) is 23.7 Å². The molecule has 0 saturated carbocycles. The third-order valence-corrected chi connectivity index (χ3v) is 4.36. The molecule has 0 unspecified atom stereocenters. The largest absolute Gasteiger partial charge is 0.441 e. The van der Waals surface area contributed by atoms with E-state index in [9.17, 15) is 9.59 Å². The molecule has 6 heteroatoms. The van der Waals surface area contributed by atoms with E-state index in [1.165, 1.54) is 0 Å². The van der Waals surface area contributed by atoms with Crippen molar-refractivity contribution < 1.29 is 14.0 Å². The van der Waals surface area contributed by atoms with Crippen molar-refractivity contribution in [2.24, 2.45) is 11.8 Å². The Morgan fingerprint density at radius 1 is 1.38 bits per heavy atom. The lowest BCUT2D eigenvalue weighted by Gasteiger charge is -2.33. The number of piperidine rings is 1. The van der Waals surface area contributed by atoms with Crippen molar-refractivity contribution in [1.29, 1.82) is 0 Å². The summed E-state index contributed by atoms with van der Waals surface area (Å²) in [6.07, 6.45) is 1.66. The third-order valence-electron chi connectivity index (χ3n) is 4.36. The van der Waals surface area contributed by atoms with Gasteiger partial charge in [-0.3, -0.25) is 9.59 Å². The summed E-state index contributed by atoms with van der Waals surface area (Å²) < 4.78 is 5.44. The minimum Gasteiger partial charge on any atom is -0.441 e. The van der Waals surface area contributed by atoms with E-state index < -0.39 is 0 Å². The van der Waals surface area contributed by atoms with E-state index in [1.54, 1.807) is 13.0 Å². The lowest BCUT2D eigenvalue weighted by atomic mass is 9.96. The van der Waals surface area contributed by atoms with Crippen LogP contribution in [0, 0.1) is 18.8 Å². The van der Waals surface area contributed by atoms with Crippen LogP contribution in [0.1, 0.15) is 32.6 Å². The second-order valence-corrected chi connectivity index (χ2v) is 6.68. The molecule has 3 rings (SSSR count). The van der Waals surface area contributed by atoms with Crippen LogP contribution in [0.25, 0.3) is 11.1 Å². The zero-order valence-electron chi connectivity index (χ0n) is 14.3. The average molecular weight is 329 g/mol. The van der Waals surface area contributed by atoms with Gasteiger partial charge in [0.1, 0.15) is 5.52 Å². The van der Waals surface area contributed by atoms with Gasteiger partial charge in [-0.05, 0) is 31.0 Å². The molecule has 1 aromatic heterocycles. The fourth-order valence-electron chi connectivity index (χ4n) is 3.12. The van der Waals surface area contributed by atoms with E-state index in [4.69, 9.17) is 4.42 Å². The molecule has 2 heterocycles. The molecule has 0 radical (unpaired) electrons. The molecule has 1 saturated heterocycles. The molecule has 2 amide bonds. The zero-order valence-corrected chi connectivity index (χ0v) is 14.3. The van der Waals surface area contributed by atoms with Gasteiger partial charge in [-0.25, -0.2) is 4.98 Å². The Hall–Kier alpha value is -2.37. The highest BCUT2D eigenvalue weighted by Crippen LogP contribution is 2.23. The number of likely N-dealkylation sites (tertiary alicyclic amines) is 1. The monoisotopic (exact) mass is 329 g/mol. The second-order valence-electron chi connectivity index (χ2n) is 6.68. The molecule has 1 aliphatic heterocycles. The van der Waals surface area contributed by atoms with Gasteiger partial charge in [-0.15, -0.1) is 0 Å². The van der Waals surface area contributed by atoms with E-state index in [0.29, 0.717) is 23.7 Å². The number of benzene rings is 1. The maximum Gasteiger partial charge on any atom is 0.229 e. The molecule has 1 aromatic carbocycles. The molecular formula is C18H23N3O3. The Bertz CT molecular complexity index is 766. The smallest absolute Gasteiger partial charge is 0.229 e. The standard InChI is InChI=1S/C18H23N3O3/c1-11(2)18(23)21-8-4-5-13(10-21)17(22)20-14-6-7-16-15(9-14)19-12(3)24-16/h6-7,9,11,13H,4-5,8,10H2,1-3H3,(H,20,22)/t13-/m0/s1. The van der Waals surface area contributed by atoms with Crippen molar-refractivity contribution in [2.75, 3.05) is 18.4 Å². The molecule has 1 aliphatic rings. The van der Waals surface area contributed by atoms with Crippen LogP contribution < -0.4 is 5.32 Å². The van der Waals surface area contributed by atoms with Gasteiger partial charge < -0.3 is 14.6 Å². The highest BCUT2D eigenvalue weighted by Gasteiger charge is 2.29. The van der Waals surface area contributed by atoms with Gasteiger partial charge in [0.15, 0.2) is 11.5 Å². The first-order valence-corrected chi connectivity index (χ1v) is 8.41. The molecule has 1 atom stereocenters. The van der Waals surface area contributed by atoms with Crippen molar-refractivity contribution >= 4 is 28.6 Å². The molecule has 24 heavy (non-hydrogen) atoms. The highest BCUT2D eigenvalue weighted by molar-refractivity contribution is 5.94. The van der Waals surface area contributed by atoms with E-state index >= 15 is 0 Å². The fourth-order valence-corrected chi connectivity index (χ4v) is 3.12. The number of hydrogen-bond donors (Lipinski definition) is 1. The van der Waals surface area contributed by atoms with Crippen LogP contribution in [0.2, 0.25) is 0 Å². The van der Waals surface area contributed by atoms with Crippen LogP contribution in [0.4, 0.5) is 5.69 Å². The van der Waals surface area contributed by atoms with Crippen LogP contribution in [-0.4, -0.2) is 34.8 Å². The summed E-state index contributed by atoms with van der Waals surface area (Å²) in [6.45, 7) is 6.81. The molecule has 6 nitrogen and oxygen atoms in total. The number of fused-ring (bicyclic) bond motifs is 1. The molecule has 2 aromatic rings. The lowest BCUT2D eigenvalue weighted by Crippen LogP contribution is -2.45. The molecule has 128 valence electrons. The number of oxazole rings is 1. The van der Waals surface area contributed by atoms with Crippen LogP contribution in [-0.2, 0) is 9.59 Å². The van der Waals surface area contributed by atoms with E-state index in [1.807, 2.05) is 30.9 Å². The van der Waals surface area contributed by atoms with Gasteiger partial charge in [0.05, 0.1) is 5.92 Å². The molecule has 1 fully saturated rings. The summed E-state index contributed by atoms with van der Waals surface area (Å²) in [7, 11) is 0. The number of carbonyl (C=O) groups is 2. The second kappa shape index (κ2) is 6.63. The molecule has 1 N–H and O–H groups in total. The Balaban J connectivity index is 1.67. The maximum atomic E-state index is 12.6. The minimum absolute atomic E-state index is 0.0374. The SMILES string of the molecule is Cc1nc2cc(NC(=O)[C@H]3CCCN(C(=O)C(C)C)C3)ccc2o1. The number of carbonyl (C=O) groups excluding carboxylic acids is 2. The van der Waals surface area contributed by atoms with Gasteiger partial charge in [-0.1, -0.05) is 13.8 Å². The fraction of sp³-hybridized carbons (Fsp3) is 0.500. The number of nitrogens with zero attached hydrogens (tertiary/aromatic N) is 2. The first kappa shape index (κ1) is 16.5. The number of aromatic nitrogens is 1. The Morgan fingerprint density at radius 3 is 2.92 bits per heavy atom. The number of amides is 2. The van der Waals surface area contributed by atoms with Crippen molar-refractivity contribution in [1.82, 2.24) is 9.88 Å². The Labute approximate surface area is 141 Å². The lowest BCUT2D eigenvalue weighted by molar-refractivity contribution is -0.137. The summed E-state index contributed by atoms with van der Waals surface area (Å²) in [5, 5.41) is 2.94. The summed E-state index contributed by atoms with van der Waals surface area (Å²) in [5.41, 5.74) is 2.13. The summed E-state index contributed by atoms with van der Waals surface area (Å²) in [6, 6.07) is 5.43. The van der Waals surface area contributed by atoms with Crippen molar-refractivity contribution in [2.45, 2.75) is 33.6 Å². The maximum absolute atomic E-state index is 12.6. The number of anilines is 1. The summed E-state index contributed by atoms with van der Waals surface area (Å²) in [4.78, 5) is 30.8. The number of nitrogens with one attached hydrogen (secondary N) is 1. The normalized spacial score (nSPS) is 18.2. The Morgan fingerprint density at radius 2 is 2.17 bits per heavy atom.